The Labute approximate surface area is 149 Å². The van der Waals surface area contributed by atoms with Crippen LogP contribution >= 0.6 is 15.9 Å². The van der Waals surface area contributed by atoms with E-state index in [1.807, 2.05) is 30.3 Å². The van der Waals surface area contributed by atoms with Crippen LogP contribution < -0.4 is 10.2 Å². The highest BCUT2D eigenvalue weighted by Crippen LogP contribution is 2.26. The van der Waals surface area contributed by atoms with E-state index in [2.05, 4.69) is 21.2 Å². The highest BCUT2D eigenvalue weighted by molar-refractivity contribution is 9.10. The van der Waals surface area contributed by atoms with Crippen molar-refractivity contribution in [2.45, 2.75) is 13.3 Å². The van der Waals surface area contributed by atoms with E-state index in [-0.39, 0.29) is 24.8 Å². The molecule has 0 saturated heterocycles. The first kappa shape index (κ1) is 17.7. The first-order chi connectivity index (χ1) is 11.5. The number of nitrogens with one attached hydrogen (secondary N) is 1. The summed E-state index contributed by atoms with van der Waals surface area (Å²) in [4.78, 5) is 25.6. The molecule has 6 heteroatoms. The number of benzene rings is 2. The summed E-state index contributed by atoms with van der Waals surface area (Å²) in [7, 11) is 0. The number of hydrogen-bond donors (Lipinski definition) is 1. The molecule has 2 aromatic rings. The molecule has 5 nitrogen and oxygen atoms in total. The molecule has 0 unspecified atom stereocenters. The summed E-state index contributed by atoms with van der Waals surface area (Å²) in [6.07, 6.45) is 0.150. The first-order valence-corrected chi connectivity index (χ1v) is 8.13. The fourth-order valence-corrected chi connectivity index (χ4v) is 2.72. The minimum atomic E-state index is -0.219. The predicted molar refractivity (Wildman–Crippen MR) is 96.6 cm³/mol. The van der Waals surface area contributed by atoms with Crippen LogP contribution in [0.25, 0.3) is 0 Å². The third kappa shape index (κ3) is 4.67. The molecule has 0 heterocycles. The van der Waals surface area contributed by atoms with Gasteiger partial charge in [0.2, 0.25) is 11.8 Å². The highest BCUT2D eigenvalue weighted by atomic mass is 79.9. The van der Waals surface area contributed by atoms with Crippen LogP contribution in [-0.2, 0) is 9.59 Å². The molecule has 0 saturated carbocycles. The molecule has 2 aromatic carbocycles. The Morgan fingerprint density at radius 1 is 1.21 bits per heavy atom. The van der Waals surface area contributed by atoms with Crippen molar-refractivity contribution in [3.05, 3.63) is 58.6 Å². The molecule has 0 aliphatic rings. The number of anilines is 2. The summed E-state index contributed by atoms with van der Waals surface area (Å²) in [5.41, 5.74) is 1.77. The van der Waals surface area contributed by atoms with E-state index in [0.717, 1.165) is 10.2 Å². The van der Waals surface area contributed by atoms with Gasteiger partial charge in [0.1, 0.15) is 0 Å². The van der Waals surface area contributed by atoms with Gasteiger partial charge in [-0.1, -0.05) is 18.2 Å². The number of hydrogen-bond acceptors (Lipinski definition) is 3. The van der Waals surface area contributed by atoms with Crippen molar-refractivity contribution in [2.75, 3.05) is 16.8 Å². The Morgan fingerprint density at radius 3 is 2.62 bits per heavy atom. The third-order valence-corrected chi connectivity index (χ3v) is 4.03. The average Bonchev–Trinajstić information content (AvgIpc) is 2.56. The second kappa shape index (κ2) is 8.27. The third-order valence-electron chi connectivity index (χ3n) is 3.36. The summed E-state index contributed by atoms with van der Waals surface area (Å²) < 4.78 is 0.794. The molecule has 122 valence electrons. The number of carbonyl (C=O) groups is 2. The maximum atomic E-state index is 12.1. The summed E-state index contributed by atoms with van der Waals surface area (Å²) in [5, 5.41) is 11.6. The van der Waals surface area contributed by atoms with Gasteiger partial charge in [-0.05, 0) is 46.3 Å². The monoisotopic (exact) mass is 385 g/mol. The van der Waals surface area contributed by atoms with E-state index in [9.17, 15) is 9.59 Å². The van der Waals surface area contributed by atoms with Crippen LogP contribution in [0.1, 0.15) is 18.9 Å². The number of nitriles is 1. The van der Waals surface area contributed by atoms with Gasteiger partial charge in [0.25, 0.3) is 0 Å². The molecule has 2 amide bonds. The van der Waals surface area contributed by atoms with Crippen molar-refractivity contribution in [1.29, 1.82) is 5.26 Å². The maximum Gasteiger partial charge on any atom is 0.226 e. The largest absolute Gasteiger partial charge is 0.326 e. The zero-order valence-electron chi connectivity index (χ0n) is 13.1. The molecule has 0 atom stereocenters. The molecule has 0 bridgehead atoms. The summed E-state index contributed by atoms with van der Waals surface area (Å²) in [6, 6.07) is 16.1. The van der Waals surface area contributed by atoms with Crippen LogP contribution in [0.2, 0.25) is 0 Å². The van der Waals surface area contributed by atoms with E-state index in [1.165, 1.54) is 6.92 Å². The number of nitrogens with zero attached hydrogens (tertiary/aromatic N) is 2. The van der Waals surface area contributed by atoms with Gasteiger partial charge in [0.05, 0.1) is 17.3 Å². The number of amides is 2. The van der Waals surface area contributed by atoms with E-state index < -0.39 is 0 Å². The lowest BCUT2D eigenvalue weighted by Gasteiger charge is -2.22. The molecular formula is C18H16BrN3O2. The van der Waals surface area contributed by atoms with Crippen LogP contribution in [0.3, 0.4) is 0 Å². The van der Waals surface area contributed by atoms with Crippen molar-refractivity contribution < 1.29 is 9.59 Å². The quantitative estimate of drug-likeness (QED) is 0.852. The first-order valence-electron chi connectivity index (χ1n) is 7.34. The van der Waals surface area contributed by atoms with Crippen molar-refractivity contribution >= 4 is 39.1 Å². The van der Waals surface area contributed by atoms with Gasteiger partial charge in [-0.25, -0.2) is 0 Å². The van der Waals surface area contributed by atoms with Gasteiger partial charge < -0.3 is 10.2 Å². The Kier molecular flexibility index (Phi) is 6.10. The zero-order chi connectivity index (χ0) is 17.5. The average molecular weight is 386 g/mol. The molecule has 0 aromatic heterocycles. The zero-order valence-corrected chi connectivity index (χ0v) is 14.7. The molecule has 0 spiro atoms. The van der Waals surface area contributed by atoms with E-state index >= 15 is 0 Å². The van der Waals surface area contributed by atoms with Crippen LogP contribution in [0.15, 0.2) is 53.0 Å². The number of para-hydroxylation sites is 1. The SMILES string of the molecule is CC(=O)N(CCC(=O)Nc1cccc(C#N)c1)c1ccccc1Br. The Balaban J connectivity index is 2.02. The van der Waals surface area contributed by atoms with Gasteiger partial charge >= 0.3 is 0 Å². The van der Waals surface area contributed by atoms with Crippen LogP contribution in [-0.4, -0.2) is 18.4 Å². The van der Waals surface area contributed by atoms with E-state index in [0.29, 0.717) is 11.3 Å². The fourth-order valence-electron chi connectivity index (χ4n) is 2.22. The van der Waals surface area contributed by atoms with Gasteiger partial charge in [0, 0.05) is 30.0 Å². The second-order valence-electron chi connectivity index (χ2n) is 5.11. The topological polar surface area (TPSA) is 73.2 Å². The predicted octanol–water partition coefficient (Wildman–Crippen LogP) is 3.70. The van der Waals surface area contributed by atoms with Crippen molar-refractivity contribution in [2.24, 2.45) is 0 Å². The van der Waals surface area contributed by atoms with Crippen molar-refractivity contribution in [3.8, 4) is 6.07 Å². The number of rotatable bonds is 5. The summed E-state index contributed by atoms with van der Waals surface area (Å²) in [5.74, 6) is -0.357. The Hall–Kier alpha value is -2.65. The molecule has 0 aliphatic heterocycles. The molecule has 0 fully saturated rings. The standard InChI is InChI=1S/C18H16BrN3O2/c1-13(23)22(17-8-3-2-7-16(17)19)10-9-18(24)21-15-6-4-5-14(11-15)12-20/h2-8,11H,9-10H2,1H3,(H,21,24). The molecule has 2 rings (SSSR count). The van der Waals surface area contributed by atoms with E-state index in [1.54, 1.807) is 29.2 Å². The molecule has 0 aliphatic carbocycles. The summed E-state index contributed by atoms with van der Waals surface area (Å²) >= 11 is 3.42. The van der Waals surface area contributed by atoms with E-state index in [4.69, 9.17) is 5.26 Å². The smallest absolute Gasteiger partial charge is 0.226 e. The minimum absolute atomic E-state index is 0.138. The Morgan fingerprint density at radius 2 is 1.96 bits per heavy atom. The lowest BCUT2D eigenvalue weighted by atomic mass is 10.2. The van der Waals surface area contributed by atoms with Crippen LogP contribution in [0, 0.1) is 11.3 Å². The number of carbonyl (C=O) groups excluding carboxylic acids is 2. The van der Waals surface area contributed by atoms with Gasteiger partial charge in [-0.3, -0.25) is 9.59 Å². The lowest BCUT2D eigenvalue weighted by Crippen LogP contribution is -2.32. The van der Waals surface area contributed by atoms with Gasteiger partial charge in [-0.2, -0.15) is 5.26 Å². The van der Waals surface area contributed by atoms with Gasteiger partial charge in [-0.15, -0.1) is 0 Å². The lowest BCUT2D eigenvalue weighted by molar-refractivity contribution is -0.117. The number of halogens is 1. The highest BCUT2D eigenvalue weighted by Gasteiger charge is 2.15. The van der Waals surface area contributed by atoms with Crippen LogP contribution in [0.5, 0.6) is 0 Å². The summed E-state index contributed by atoms with van der Waals surface area (Å²) in [6.45, 7) is 1.73. The minimum Gasteiger partial charge on any atom is -0.326 e. The maximum absolute atomic E-state index is 12.1. The molecular weight excluding hydrogens is 370 g/mol. The van der Waals surface area contributed by atoms with Gasteiger partial charge in [0.15, 0.2) is 0 Å². The molecule has 0 radical (unpaired) electrons. The molecule has 24 heavy (non-hydrogen) atoms. The van der Waals surface area contributed by atoms with Crippen molar-refractivity contribution in [1.82, 2.24) is 0 Å². The Bertz CT molecular complexity index is 799. The molecule has 1 N–H and O–H groups in total. The second-order valence-corrected chi connectivity index (χ2v) is 5.97. The normalized spacial score (nSPS) is 9.88. The fraction of sp³-hybridized carbons (Fsp3) is 0.167. The van der Waals surface area contributed by atoms with Crippen LogP contribution in [0.4, 0.5) is 11.4 Å². The van der Waals surface area contributed by atoms with Crippen molar-refractivity contribution in [3.63, 3.8) is 0 Å².